The van der Waals surface area contributed by atoms with Gasteiger partial charge in [0.1, 0.15) is 5.65 Å². The first-order chi connectivity index (χ1) is 18.8. The number of pyridine rings is 1. The van der Waals surface area contributed by atoms with Gasteiger partial charge in [0.05, 0.1) is 17.9 Å². The third-order valence-electron chi connectivity index (χ3n) is 6.83. The van der Waals surface area contributed by atoms with Gasteiger partial charge in [-0.25, -0.2) is 22.4 Å². The van der Waals surface area contributed by atoms with E-state index in [-0.39, 0.29) is 29.3 Å². The van der Waals surface area contributed by atoms with Crippen molar-refractivity contribution in [1.29, 1.82) is 0 Å². The molecule has 0 aliphatic carbocycles. The largest absolute Gasteiger partial charge is 0.384 e. The summed E-state index contributed by atoms with van der Waals surface area (Å²) in [5.74, 6) is 0.160. The lowest BCUT2D eigenvalue weighted by molar-refractivity contribution is 0.217. The fourth-order valence-electron chi connectivity index (χ4n) is 4.61. The van der Waals surface area contributed by atoms with Crippen LogP contribution < -0.4 is 15.8 Å². The number of likely N-dealkylation sites (N-methyl/N-ethyl adjacent to an activating group) is 1. The second-order valence-corrected chi connectivity index (χ2v) is 11.4. The van der Waals surface area contributed by atoms with Crippen molar-refractivity contribution < 1.29 is 13.2 Å². The Kier molecular flexibility index (Phi) is 7.64. The van der Waals surface area contributed by atoms with Gasteiger partial charge in [-0.15, -0.1) is 0 Å². The van der Waals surface area contributed by atoms with Crippen LogP contribution in [-0.4, -0.2) is 89.5 Å². The van der Waals surface area contributed by atoms with Crippen molar-refractivity contribution in [2.75, 3.05) is 62.9 Å². The van der Waals surface area contributed by atoms with Gasteiger partial charge in [0, 0.05) is 75.2 Å². The molecule has 13 heteroatoms. The number of aryl methyl sites for hydroxylation is 1. The summed E-state index contributed by atoms with van der Waals surface area (Å²) in [5.41, 5.74) is 2.21. The number of methoxy groups -OCH3 is 1. The van der Waals surface area contributed by atoms with Gasteiger partial charge in [-0.05, 0) is 44.3 Å². The molecule has 0 spiro atoms. The predicted octanol–water partition coefficient (Wildman–Crippen LogP) is 1.99. The number of imidazole rings is 1. The summed E-state index contributed by atoms with van der Waals surface area (Å²) in [5, 5.41) is 3.81. The highest BCUT2D eigenvalue weighted by Gasteiger charge is 2.22. The summed E-state index contributed by atoms with van der Waals surface area (Å²) in [6.07, 6.45) is 4.31. The summed E-state index contributed by atoms with van der Waals surface area (Å²) in [4.78, 5) is 31.4. The molecule has 1 aliphatic rings. The first-order valence-corrected chi connectivity index (χ1v) is 14.4. The van der Waals surface area contributed by atoms with Gasteiger partial charge >= 0.3 is 0 Å². The fourth-order valence-corrected chi connectivity index (χ4v) is 5.84. The van der Waals surface area contributed by atoms with Crippen LogP contribution in [0.25, 0.3) is 22.4 Å². The lowest BCUT2D eigenvalue weighted by Crippen LogP contribution is -2.44. The van der Waals surface area contributed by atoms with E-state index in [9.17, 15) is 13.2 Å². The number of rotatable bonds is 9. The number of benzene rings is 1. The molecule has 1 N–H and O–H groups in total. The molecule has 1 fully saturated rings. The number of nitrogens with one attached hydrogen (secondary N) is 1. The second kappa shape index (κ2) is 11.1. The van der Waals surface area contributed by atoms with Crippen molar-refractivity contribution in [2.45, 2.75) is 13.5 Å². The molecule has 3 aromatic heterocycles. The molecule has 0 atom stereocenters. The standard InChI is InChI=1S/C26H32N8O4S/c1-4-33-23-19(17-22(25(33)35)24-27-9-10-34(24)39(36,37)16-15-38-3)18-28-26(30-23)29-20-5-7-21(8-6-20)32-13-11-31(2)12-14-32/h5-10,17-18H,4,11-16H2,1-3H3,(H,28,29,30). The van der Waals surface area contributed by atoms with Crippen LogP contribution >= 0.6 is 0 Å². The number of piperazine rings is 1. The molecule has 206 valence electrons. The SMILES string of the molecule is CCn1c(=O)c(-c2nccn2S(=O)(=O)CCOC)cc2cnc(Nc3ccc(N4CCN(C)CC4)cc3)nc21. The number of ether oxygens (including phenoxy) is 1. The molecule has 4 heterocycles. The fraction of sp³-hybridized carbons (Fsp3) is 0.385. The molecule has 1 saturated heterocycles. The van der Waals surface area contributed by atoms with Crippen LogP contribution in [0.15, 0.2) is 53.7 Å². The van der Waals surface area contributed by atoms with Crippen LogP contribution in [0.5, 0.6) is 0 Å². The highest BCUT2D eigenvalue weighted by atomic mass is 32.2. The number of nitrogens with zero attached hydrogens (tertiary/aromatic N) is 7. The molecule has 0 saturated carbocycles. The van der Waals surface area contributed by atoms with E-state index in [1.807, 2.05) is 19.1 Å². The third-order valence-corrected chi connectivity index (χ3v) is 8.41. The lowest BCUT2D eigenvalue weighted by atomic mass is 10.2. The average Bonchev–Trinajstić information content (AvgIpc) is 3.44. The molecular formula is C26H32N8O4S. The van der Waals surface area contributed by atoms with Gasteiger partial charge in [-0.1, -0.05) is 0 Å². The summed E-state index contributed by atoms with van der Waals surface area (Å²) >= 11 is 0. The molecular weight excluding hydrogens is 520 g/mol. The summed E-state index contributed by atoms with van der Waals surface area (Å²) < 4.78 is 33.1. The maximum atomic E-state index is 13.5. The lowest BCUT2D eigenvalue weighted by Gasteiger charge is -2.34. The van der Waals surface area contributed by atoms with Crippen molar-refractivity contribution in [2.24, 2.45) is 0 Å². The summed E-state index contributed by atoms with van der Waals surface area (Å²) in [6, 6.07) is 9.71. The van der Waals surface area contributed by atoms with Crippen LogP contribution in [0, 0.1) is 0 Å². The van der Waals surface area contributed by atoms with Crippen molar-refractivity contribution in [3.8, 4) is 11.4 Å². The van der Waals surface area contributed by atoms with Crippen molar-refractivity contribution in [3.63, 3.8) is 0 Å². The van der Waals surface area contributed by atoms with Crippen molar-refractivity contribution >= 4 is 38.4 Å². The minimum absolute atomic E-state index is 0.0268. The predicted molar refractivity (Wildman–Crippen MR) is 151 cm³/mol. The highest BCUT2D eigenvalue weighted by molar-refractivity contribution is 7.90. The van der Waals surface area contributed by atoms with E-state index in [0.717, 1.165) is 35.8 Å². The minimum atomic E-state index is -3.77. The Labute approximate surface area is 226 Å². The number of fused-ring (bicyclic) bond motifs is 1. The minimum Gasteiger partial charge on any atom is -0.384 e. The Hall–Kier alpha value is -3.81. The van der Waals surface area contributed by atoms with Gasteiger partial charge in [-0.3, -0.25) is 9.36 Å². The van der Waals surface area contributed by atoms with Crippen LogP contribution in [0.4, 0.5) is 17.3 Å². The Balaban J connectivity index is 1.44. The second-order valence-electron chi connectivity index (χ2n) is 9.40. The average molecular weight is 553 g/mol. The van der Waals surface area contributed by atoms with Gasteiger partial charge in [-0.2, -0.15) is 4.98 Å². The molecule has 1 aliphatic heterocycles. The van der Waals surface area contributed by atoms with Crippen molar-refractivity contribution in [3.05, 3.63) is 59.3 Å². The Morgan fingerprint density at radius 1 is 1.08 bits per heavy atom. The molecule has 0 bridgehead atoms. The van der Waals surface area contributed by atoms with Gasteiger partial charge < -0.3 is 19.9 Å². The number of aromatic nitrogens is 5. The molecule has 0 amide bonds. The maximum absolute atomic E-state index is 13.5. The third kappa shape index (κ3) is 5.51. The van der Waals surface area contributed by atoms with E-state index in [4.69, 9.17) is 4.74 Å². The van der Waals surface area contributed by atoms with E-state index < -0.39 is 10.0 Å². The molecule has 4 aromatic rings. The summed E-state index contributed by atoms with van der Waals surface area (Å²) in [6.45, 7) is 6.25. The van der Waals surface area contributed by atoms with Gasteiger partial charge in [0.2, 0.25) is 16.0 Å². The highest BCUT2D eigenvalue weighted by Crippen LogP contribution is 2.24. The van der Waals surface area contributed by atoms with Crippen LogP contribution in [0.2, 0.25) is 0 Å². The monoisotopic (exact) mass is 552 g/mol. The topological polar surface area (TPSA) is 127 Å². The zero-order valence-electron chi connectivity index (χ0n) is 22.2. The van der Waals surface area contributed by atoms with Crippen molar-refractivity contribution in [1.82, 2.24) is 28.4 Å². The van der Waals surface area contributed by atoms with Crippen LogP contribution in [0.1, 0.15) is 6.92 Å². The van der Waals surface area contributed by atoms with Gasteiger partial charge in [0.15, 0.2) is 5.82 Å². The smallest absolute Gasteiger partial charge is 0.263 e. The van der Waals surface area contributed by atoms with E-state index in [2.05, 4.69) is 49.2 Å². The molecule has 1 aromatic carbocycles. The van der Waals surface area contributed by atoms with E-state index >= 15 is 0 Å². The molecule has 0 radical (unpaired) electrons. The first-order valence-electron chi connectivity index (χ1n) is 12.8. The number of hydrogen-bond acceptors (Lipinski definition) is 10. The van der Waals surface area contributed by atoms with E-state index in [1.165, 1.54) is 29.8 Å². The number of hydrogen-bond donors (Lipinski definition) is 1. The molecule has 12 nitrogen and oxygen atoms in total. The van der Waals surface area contributed by atoms with E-state index in [0.29, 0.717) is 23.5 Å². The van der Waals surface area contributed by atoms with E-state index in [1.54, 1.807) is 12.3 Å². The van der Waals surface area contributed by atoms with Crippen LogP contribution in [0.3, 0.4) is 0 Å². The molecule has 39 heavy (non-hydrogen) atoms. The normalized spacial score (nSPS) is 14.7. The zero-order valence-corrected chi connectivity index (χ0v) is 23.1. The van der Waals surface area contributed by atoms with Crippen LogP contribution in [-0.2, 0) is 21.3 Å². The number of anilines is 3. The zero-order chi connectivity index (χ0) is 27.6. The molecule has 0 unspecified atom stereocenters. The molecule has 5 rings (SSSR count). The Bertz CT molecular complexity index is 1620. The Morgan fingerprint density at radius 3 is 2.51 bits per heavy atom. The quantitative estimate of drug-likeness (QED) is 0.329. The van der Waals surface area contributed by atoms with Gasteiger partial charge in [0.25, 0.3) is 5.56 Å². The Morgan fingerprint density at radius 2 is 1.82 bits per heavy atom. The summed E-state index contributed by atoms with van der Waals surface area (Å²) in [7, 11) is -0.201. The first kappa shape index (κ1) is 26.8. The maximum Gasteiger partial charge on any atom is 0.263 e.